The molecule has 0 atom stereocenters. The summed E-state index contributed by atoms with van der Waals surface area (Å²) in [5.41, 5.74) is 1.60. The van der Waals surface area contributed by atoms with Crippen molar-refractivity contribution in [2.24, 2.45) is 0 Å². The fourth-order valence-corrected chi connectivity index (χ4v) is 3.91. The molecule has 27 heavy (non-hydrogen) atoms. The average Bonchev–Trinajstić information content (AvgIpc) is 2.67. The standard InChI is InChI=1S/C22H31N3O2/c1-3-4-5-9-14-25-15-19(22(27)24-17-10-7-6-8-11-17)20(26)18-13-12-16(2)23-21(18)25/h12-13,15,17H,3-11,14H2,1-2H3,(H,24,27). The van der Waals surface area contributed by atoms with E-state index in [9.17, 15) is 9.59 Å². The topological polar surface area (TPSA) is 64.0 Å². The Bertz CT molecular complexity index is 850. The molecule has 0 bridgehead atoms. The minimum Gasteiger partial charge on any atom is -0.349 e. The highest BCUT2D eigenvalue weighted by atomic mass is 16.2. The van der Waals surface area contributed by atoms with Gasteiger partial charge in [0, 0.05) is 24.5 Å². The Balaban J connectivity index is 1.91. The molecule has 1 aliphatic carbocycles. The smallest absolute Gasteiger partial charge is 0.256 e. The van der Waals surface area contributed by atoms with E-state index in [1.165, 1.54) is 19.3 Å². The van der Waals surface area contributed by atoms with Crippen molar-refractivity contribution in [1.82, 2.24) is 14.9 Å². The lowest BCUT2D eigenvalue weighted by Crippen LogP contribution is -2.38. The number of nitrogens with one attached hydrogen (secondary N) is 1. The number of rotatable bonds is 7. The number of aryl methyl sites for hydroxylation is 2. The van der Waals surface area contributed by atoms with Crippen LogP contribution in [0.4, 0.5) is 0 Å². The van der Waals surface area contributed by atoms with Gasteiger partial charge in [0.15, 0.2) is 0 Å². The number of carbonyl (C=O) groups is 1. The monoisotopic (exact) mass is 369 g/mol. The molecular formula is C22H31N3O2. The van der Waals surface area contributed by atoms with Crippen LogP contribution in [0.2, 0.25) is 0 Å². The van der Waals surface area contributed by atoms with Gasteiger partial charge < -0.3 is 9.88 Å². The van der Waals surface area contributed by atoms with E-state index in [-0.39, 0.29) is 22.9 Å². The van der Waals surface area contributed by atoms with Gasteiger partial charge in [0.25, 0.3) is 5.91 Å². The molecule has 1 saturated carbocycles. The van der Waals surface area contributed by atoms with E-state index in [1.54, 1.807) is 12.3 Å². The Hall–Kier alpha value is -2.17. The largest absolute Gasteiger partial charge is 0.349 e. The van der Waals surface area contributed by atoms with Crippen molar-refractivity contribution in [3.05, 3.63) is 39.8 Å². The van der Waals surface area contributed by atoms with Gasteiger partial charge in [0.05, 0.1) is 5.39 Å². The highest BCUT2D eigenvalue weighted by Gasteiger charge is 2.20. The summed E-state index contributed by atoms with van der Waals surface area (Å²) in [6.45, 7) is 4.89. The van der Waals surface area contributed by atoms with E-state index in [1.807, 2.05) is 17.6 Å². The summed E-state index contributed by atoms with van der Waals surface area (Å²) in [6, 6.07) is 3.84. The van der Waals surface area contributed by atoms with Crippen LogP contribution < -0.4 is 10.7 Å². The van der Waals surface area contributed by atoms with Gasteiger partial charge in [0.1, 0.15) is 11.2 Å². The first-order chi connectivity index (χ1) is 13.1. The fourth-order valence-electron chi connectivity index (χ4n) is 3.91. The molecule has 5 nitrogen and oxygen atoms in total. The summed E-state index contributed by atoms with van der Waals surface area (Å²) in [5, 5.41) is 3.62. The molecule has 5 heteroatoms. The highest BCUT2D eigenvalue weighted by molar-refractivity contribution is 5.97. The van der Waals surface area contributed by atoms with Gasteiger partial charge >= 0.3 is 0 Å². The number of nitrogens with zero attached hydrogens (tertiary/aromatic N) is 2. The number of hydrogen-bond acceptors (Lipinski definition) is 3. The summed E-state index contributed by atoms with van der Waals surface area (Å²) in [7, 11) is 0. The molecule has 1 N–H and O–H groups in total. The number of pyridine rings is 2. The van der Waals surface area contributed by atoms with Gasteiger partial charge in [-0.2, -0.15) is 0 Å². The Labute approximate surface area is 161 Å². The second kappa shape index (κ2) is 9.16. The maximum atomic E-state index is 12.9. The maximum Gasteiger partial charge on any atom is 0.256 e. The SMILES string of the molecule is CCCCCCn1cc(C(=O)NC2CCCCC2)c(=O)c2ccc(C)nc21. The van der Waals surface area contributed by atoms with Gasteiger partial charge in [-0.15, -0.1) is 0 Å². The minimum absolute atomic E-state index is 0.190. The first-order valence-corrected chi connectivity index (χ1v) is 10.4. The first-order valence-electron chi connectivity index (χ1n) is 10.4. The normalized spacial score (nSPS) is 15.2. The second-order valence-corrected chi connectivity index (χ2v) is 7.76. The minimum atomic E-state index is -0.239. The lowest BCUT2D eigenvalue weighted by atomic mass is 9.95. The predicted molar refractivity (Wildman–Crippen MR) is 109 cm³/mol. The van der Waals surface area contributed by atoms with Gasteiger partial charge in [-0.05, 0) is 38.3 Å². The van der Waals surface area contributed by atoms with Gasteiger partial charge in [-0.1, -0.05) is 45.4 Å². The molecular weight excluding hydrogens is 338 g/mol. The van der Waals surface area contributed by atoms with E-state index in [0.717, 1.165) is 50.8 Å². The van der Waals surface area contributed by atoms with E-state index >= 15 is 0 Å². The lowest BCUT2D eigenvalue weighted by molar-refractivity contribution is 0.0926. The Morgan fingerprint density at radius 3 is 2.70 bits per heavy atom. The summed E-state index contributed by atoms with van der Waals surface area (Å²) in [6.07, 6.45) is 11.8. The van der Waals surface area contributed by atoms with Gasteiger partial charge in [0.2, 0.25) is 5.43 Å². The number of aromatic nitrogens is 2. The summed E-state index contributed by atoms with van der Waals surface area (Å²) >= 11 is 0. The van der Waals surface area contributed by atoms with Crippen LogP contribution in [-0.4, -0.2) is 21.5 Å². The number of hydrogen-bond donors (Lipinski definition) is 1. The van der Waals surface area contributed by atoms with Crippen LogP contribution in [0.5, 0.6) is 0 Å². The molecule has 0 spiro atoms. The van der Waals surface area contributed by atoms with Crippen LogP contribution in [0, 0.1) is 6.92 Å². The third-order valence-electron chi connectivity index (χ3n) is 5.50. The van der Waals surface area contributed by atoms with Crippen LogP contribution in [0.15, 0.2) is 23.1 Å². The number of unbranched alkanes of at least 4 members (excludes halogenated alkanes) is 3. The van der Waals surface area contributed by atoms with E-state index < -0.39 is 0 Å². The molecule has 0 radical (unpaired) electrons. The zero-order valence-corrected chi connectivity index (χ0v) is 16.6. The van der Waals surface area contributed by atoms with Crippen LogP contribution in [0.1, 0.15) is 80.8 Å². The van der Waals surface area contributed by atoms with Crippen molar-refractivity contribution in [1.29, 1.82) is 0 Å². The van der Waals surface area contributed by atoms with Crippen LogP contribution >= 0.6 is 0 Å². The molecule has 2 heterocycles. The van der Waals surface area contributed by atoms with Crippen LogP contribution in [0.3, 0.4) is 0 Å². The Morgan fingerprint density at radius 1 is 1.19 bits per heavy atom. The van der Waals surface area contributed by atoms with Gasteiger partial charge in [-0.3, -0.25) is 9.59 Å². The lowest BCUT2D eigenvalue weighted by Gasteiger charge is -2.23. The molecule has 1 aliphatic rings. The Kier molecular flexibility index (Phi) is 6.64. The van der Waals surface area contributed by atoms with Crippen LogP contribution in [-0.2, 0) is 6.54 Å². The molecule has 3 rings (SSSR count). The van der Waals surface area contributed by atoms with Crippen molar-refractivity contribution < 1.29 is 4.79 Å². The predicted octanol–water partition coefficient (Wildman–Crippen LogP) is 4.35. The van der Waals surface area contributed by atoms with Crippen molar-refractivity contribution in [3.8, 4) is 0 Å². The highest BCUT2D eigenvalue weighted by Crippen LogP contribution is 2.18. The van der Waals surface area contributed by atoms with E-state index in [2.05, 4.69) is 17.2 Å². The molecule has 0 aromatic carbocycles. The van der Waals surface area contributed by atoms with Crippen molar-refractivity contribution >= 4 is 16.9 Å². The quantitative estimate of drug-likeness (QED) is 0.738. The molecule has 1 fully saturated rings. The number of carbonyl (C=O) groups excluding carboxylic acids is 1. The van der Waals surface area contributed by atoms with E-state index in [0.29, 0.717) is 11.0 Å². The molecule has 2 aromatic heterocycles. The summed E-state index contributed by atoms with van der Waals surface area (Å²) in [5.74, 6) is -0.239. The zero-order valence-electron chi connectivity index (χ0n) is 16.6. The molecule has 0 saturated heterocycles. The third-order valence-corrected chi connectivity index (χ3v) is 5.50. The summed E-state index contributed by atoms with van der Waals surface area (Å²) < 4.78 is 2.00. The third kappa shape index (κ3) is 4.76. The first kappa shape index (κ1) is 19.6. The summed E-state index contributed by atoms with van der Waals surface area (Å²) in [4.78, 5) is 30.3. The number of amides is 1. The van der Waals surface area contributed by atoms with Crippen molar-refractivity contribution in [3.63, 3.8) is 0 Å². The molecule has 0 aliphatic heterocycles. The van der Waals surface area contributed by atoms with Crippen LogP contribution in [0.25, 0.3) is 11.0 Å². The van der Waals surface area contributed by atoms with Crippen molar-refractivity contribution in [2.45, 2.75) is 84.2 Å². The molecule has 0 unspecified atom stereocenters. The second-order valence-electron chi connectivity index (χ2n) is 7.76. The zero-order chi connectivity index (χ0) is 19.2. The number of fused-ring (bicyclic) bond motifs is 1. The average molecular weight is 370 g/mol. The maximum absolute atomic E-state index is 12.9. The Morgan fingerprint density at radius 2 is 1.96 bits per heavy atom. The molecule has 1 amide bonds. The fraction of sp³-hybridized carbons (Fsp3) is 0.591. The van der Waals surface area contributed by atoms with E-state index in [4.69, 9.17) is 0 Å². The molecule has 2 aromatic rings. The van der Waals surface area contributed by atoms with Gasteiger partial charge in [-0.25, -0.2) is 4.98 Å². The molecule has 146 valence electrons. The van der Waals surface area contributed by atoms with Crippen molar-refractivity contribution in [2.75, 3.05) is 0 Å².